The Bertz CT molecular complexity index is 546. The molecule has 0 fully saturated rings. The van der Waals surface area contributed by atoms with E-state index in [0.29, 0.717) is 12.2 Å². The second-order valence-corrected chi connectivity index (χ2v) is 5.76. The van der Waals surface area contributed by atoms with Crippen LogP contribution in [0, 0.1) is 5.92 Å². The second-order valence-electron chi connectivity index (χ2n) is 5.76. The Balaban J connectivity index is 2.45. The Hall–Kier alpha value is -2.37. The normalized spacial score (nSPS) is 11.5. The molecule has 0 saturated carbocycles. The SMILES string of the molecule is CCCN(CC(=O)NCC(=O)Nc1ccccc1)C(=O)[C@@H](C)CC. The van der Waals surface area contributed by atoms with Gasteiger partial charge in [0.1, 0.15) is 0 Å². The number of hydrogen-bond acceptors (Lipinski definition) is 3. The molecule has 0 heterocycles. The number of carbonyl (C=O) groups is 3. The van der Waals surface area contributed by atoms with Crippen LogP contribution in [0.25, 0.3) is 0 Å². The summed E-state index contributed by atoms with van der Waals surface area (Å²) in [6.07, 6.45) is 1.52. The third-order valence-corrected chi connectivity index (χ3v) is 3.68. The van der Waals surface area contributed by atoms with E-state index in [-0.39, 0.29) is 36.7 Å². The van der Waals surface area contributed by atoms with Crippen molar-refractivity contribution in [2.45, 2.75) is 33.6 Å². The molecular formula is C18H27N3O3. The monoisotopic (exact) mass is 333 g/mol. The highest BCUT2D eigenvalue weighted by molar-refractivity contribution is 5.95. The maximum absolute atomic E-state index is 12.2. The molecule has 6 heteroatoms. The summed E-state index contributed by atoms with van der Waals surface area (Å²) in [5.74, 6) is -0.762. The second kappa shape index (κ2) is 10.4. The molecule has 0 aliphatic heterocycles. The lowest BCUT2D eigenvalue weighted by atomic mass is 10.1. The van der Waals surface area contributed by atoms with E-state index in [4.69, 9.17) is 0 Å². The van der Waals surface area contributed by atoms with Crippen LogP contribution in [-0.2, 0) is 14.4 Å². The maximum atomic E-state index is 12.2. The maximum Gasteiger partial charge on any atom is 0.243 e. The molecule has 6 nitrogen and oxygen atoms in total. The number of hydrogen-bond donors (Lipinski definition) is 2. The molecule has 0 aliphatic carbocycles. The Labute approximate surface area is 143 Å². The average molecular weight is 333 g/mol. The Morgan fingerprint density at radius 2 is 1.75 bits per heavy atom. The molecule has 0 saturated heterocycles. The highest BCUT2D eigenvalue weighted by Gasteiger charge is 2.21. The fraction of sp³-hybridized carbons (Fsp3) is 0.500. The molecule has 0 bridgehead atoms. The van der Waals surface area contributed by atoms with Crippen molar-refractivity contribution in [3.05, 3.63) is 30.3 Å². The summed E-state index contributed by atoms with van der Waals surface area (Å²) < 4.78 is 0. The number of benzene rings is 1. The van der Waals surface area contributed by atoms with Crippen molar-refractivity contribution >= 4 is 23.4 Å². The lowest BCUT2D eigenvalue weighted by Gasteiger charge is -2.24. The number of anilines is 1. The highest BCUT2D eigenvalue weighted by atomic mass is 16.2. The van der Waals surface area contributed by atoms with E-state index >= 15 is 0 Å². The van der Waals surface area contributed by atoms with Gasteiger partial charge in [-0.3, -0.25) is 14.4 Å². The number of nitrogens with one attached hydrogen (secondary N) is 2. The Morgan fingerprint density at radius 1 is 1.08 bits per heavy atom. The van der Waals surface area contributed by atoms with Crippen LogP contribution in [0.4, 0.5) is 5.69 Å². The predicted octanol–water partition coefficient (Wildman–Crippen LogP) is 2.03. The number of para-hydroxylation sites is 1. The standard InChI is InChI=1S/C18H27N3O3/c1-4-11-21(18(24)14(3)5-2)13-17(23)19-12-16(22)20-15-9-7-6-8-10-15/h6-10,14H,4-5,11-13H2,1-3H3,(H,19,23)(H,20,22)/t14-/m0/s1. The number of amides is 3. The van der Waals surface area contributed by atoms with E-state index in [1.165, 1.54) is 0 Å². The molecule has 0 radical (unpaired) electrons. The molecule has 24 heavy (non-hydrogen) atoms. The molecule has 2 N–H and O–H groups in total. The first kappa shape index (κ1) is 19.7. The lowest BCUT2D eigenvalue weighted by molar-refractivity contribution is -0.139. The van der Waals surface area contributed by atoms with Crippen molar-refractivity contribution in [2.24, 2.45) is 5.92 Å². The molecule has 3 amide bonds. The van der Waals surface area contributed by atoms with Gasteiger partial charge in [-0.2, -0.15) is 0 Å². The van der Waals surface area contributed by atoms with Crippen molar-refractivity contribution in [1.82, 2.24) is 10.2 Å². The van der Waals surface area contributed by atoms with E-state index < -0.39 is 0 Å². The van der Waals surface area contributed by atoms with Gasteiger partial charge in [-0.1, -0.05) is 39.0 Å². The number of rotatable bonds is 9. The van der Waals surface area contributed by atoms with Crippen LogP contribution in [0.2, 0.25) is 0 Å². The van der Waals surface area contributed by atoms with Gasteiger partial charge >= 0.3 is 0 Å². The van der Waals surface area contributed by atoms with Gasteiger partial charge in [0.05, 0.1) is 13.1 Å². The largest absolute Gasteiger partial charge is 0.345 e. The van der Waals surface area contributed by atoms with Crippen molar-refractivity contribution in [2.75, 3.05) is 25.0 Å². The van der Waals surface area contributed by atoms with E-state index in [1.54, 1.807) is 17.0 Å². The van der Waals surface area contributed by atoms with Crippen LogP contribution in [0.5, 0.6) is 0 Å². The molecule has 0 unspecified atom stereocenters. The summed E-state index contributed by atoms with van der Waals surface area (Å²) >= 11 is 0. The van der Waals surface area contributed by atoms with Gasteiger partial charge in [0.2, 0.25) is 17.7 Å². The smallest absolute Gasteiger partial charge is 0.243 e. The summed E-state index contributed by atoms with van der Waals surface area (Å²) in [6.45, 7) is 6.16. The molecular weight excluding hydrogens is 306 g/mol. The predicted molar refractivity (Wildman–Crippen MR) is 94.4 cm³/mol. The zero-order valence-electron chi connectivity index (χ0n) is 14.7. The molecule has 0 aromatic heterocycles. The molecule has 1 atom stereocenters. The van der Waals surface area contributed by atoms with E-state index in [9.17, 15) is 14.4 Å². The summed E-state index contributed by atoms with van der Waals surface area (Å²) in [4.78, 5) is 37.6. The minimum Gasteiger partial charge on any atom is -0.345 e. The fourth-order valence-corrected chi connectivity index (χ4v) is 2.16. The summed E-state index contributed by atoms with van der Waals surface area (Å²) in [5, 5.41) is 5.25. The molecule has 0 aliphatic rings. The van der Waals surface area contributed by atoms with Gasteiger partial charge in [0.25, 0.3) is 0 Å². The number of nitrogens with zero attached hydrogens (tertiary/aromatic N) is 1. The Kier molecular flexibility index (Phi) is 8.54. The van der Waals surface area contributed by atoms with E-state index in [2.05, 4.69) is 10.6 Å². The first-order valence-electron chi connectivity index (χ1n) is 8.38. The first-order chi connectivity index (χ1) is 11.5. The molecule has 1 aromatic rings. The third kappa shape index (κ3) is 6.81. The minimum absolute atomic E-state index is 0.0182. The molecule has 132 valence electrons. The zero-order valence-corrected chi connectivity index (χ0v) is 14.7. The van der Waals surface area contributed by atoms with Crippen molar-refractivity contribution in [1.29, 1.82) is 0 Å². The van der Waals surface area contributed by atoms with Gasteiger partial charge in [-0.25, -0.2) is 0 Å². The van der Waals surface area contributed by atoms with Crippen LogP contribution in [0.3, 0.4) is 0 Å². The van der Waals surface area contributed by atoms with Crippen LogP contribution >= 0.6 is 0 Å². The summed E-state index contributed by atoms with van der Waals surface area (Å²) in [6, 6.07) is 9.03. The lowest BCUT2D eigenvalue weighted by Crippen LogP contribution is -2.44. The van der Waals surface area contributed by atoms with Crippen molar-refractivity contribution in [3.63, 3.8) is 0 Å². The number of carbonyl (C=O) groups excluding carboxylic acids is 3. The molecule has 1 aromatic carbocycles. The van der Waals surface area contributed by atoms with E-state index in [0.717, 1.165) is 12.8 Å². The van der Waals surface area contributed by atoms with Gasteiger partial charge in [-0.05, 0) is 25.0 Å². The topological polar surface area (TPSA) is 78.5 Å². The van der Waals surface area contributed by atoms with Crippen molar-refractivity contribution in [3.8, 4) is 0 Å². The highest BCUT2D eigenvalue weighted by Crippen LogP contribution is 2.07. The van der Waals surface area contributed by atoms with Crippen LogP contribution in [-0.4, -0.2) is 42.3 Å². The summed E-state index contributed by atoms with van der Waals surface area (Å²) in [5.41, 5.74) is 0.677. The van der Waals surface area contributed by atoms with Gasteiger partial charge < -0.3 is 15.5 Å². The molecule has 1 rings (SSSR count). The van der Waals surface area contributed by atoms with Crippen LogP contribution in [0.1, 0.15) is 33.6 Å². The van der Waals surface area contributed by atoms with Gasteiger partial charge in [0.15, 0.2) is 0 Å². The minimum atomic E-state index is -0.330. The zero-order chi connectivity index (χ0) is 17.9. The van der Waals surface area contributed by atoms with Gasteiger partial charge in [0, 0.05) is 18.2 Å². The Morgan fingerprint density at radius 3 is 2.33 bits per heavy atom. The first-order valence-corrected chi connectivity index (χ1v) is 8.38. The van der Waals surface area contributed by atoms with E-state index in [1.807, 2.05) is 39.0 Å². The van der Waals surface area contributed by atoms with Crippen LogP contribution in [0.15, 0.2) is 30.3 Å². The molecule has 0 spiro atoms. The quantitative estimate of drug-likeness (QED) is 0.726. The third-order valence-electron chi connectivity index (χ3n) is 3.68. The van der Waals surface area contributed by atoms with Crippen molar-refractivity contribution < 1.29 is 14.4 Å². The average Bonchev–Trinajstić information content (AvgIpc) is 2.59. The van der Waals surface area contributed by atoms with Crippen LogP contribution < -0.4 is 10.6 Å². The summed E-state index contributed by atoms with van der Waals surface area (Å²) in [7, 11) is 0. The fourth-order valence-electron chi connectivity index (χ4n) is 2.16. The van der Waals surface area contributed by atoms with Gasteiger partial charge in [-0.15, -0.1) is 0 Å².